The Kier molecular flexibility index (Phi) is 5.95. The van der Waals surface area contributed by atoms with Gasteiger partial charge in [0.05, 0.1) is 23.3 Å². The number of hydrogen-bond acceptors (Lipinski definition) is 6. The predicted molar refractivity (Wildman–Crippen MR) is 124 cm³/mol. The van der Waals surface area contributed by atoms with Gasteiger partial charge in [-0.2, -0.15) is 0 Å². The third kappa shape index (κ3) is 4.57. The Balaban J connectivity index is 1.64. The summed E-state index contributed by atoms with van der Waals surface area (Å²) in [6.07, 6.45) is 0.729. The van der Waals surface area contributed by atoms with Gasteiger partial charge in [0.1, 0.15) is 5.75 Å². The highest BCUT2D eigenvalue weighted by atomic mass is 32.1. The third-order valence-electron chi connectivity index (χ3n) is 5.22. The molecule has 0 aliphatic carbocycles. The molecule has 7 heteroatoms. The summed E-state index contributed by atoms with van der Waals surface area (Å²) in [5.41, 5.74) is 10.6. The van der Waals surface area contributed by atoms with Gasteiger partial charge in [0.2, 0.25) is 0 Å². The van der Waals surface area contributed by atoms with Crippen LogP contribution in [0.25, 0.3) is 11.1 Å². The van der Waals surface area contributed by atoms with E-state index in [2.05, 4.69) is 4.98 Å². The summed E-state index contributed by atoms with van der Waals surface area (Å²) in [6.45, 7) is 0. The highest BCUT2D eigenvalue weighted by molar-refractivity contribution is 7.13. The van der Waals surface area contributed by atoms with Gasteiger partial charge in [-0.25, -0.2) is 4.98 Å². The molecule has 0 fully saturated rings. The Labute approximate surface area is 184 Å². The monoisotopic (exact) mass is 431 g/mol. The van der Waals surface area contributed by atoms with E-state index in [0.717, 1.165) is 34.6 Å². The van der Waals surface area contributed by atoms with Crippen LogP contribution in [0, 0.1) is 10.1 Å². The summed E-state index contributed by atoms with van der Waals surface area (Å²) in [5, 5.41) is 13.9. The molecule has 0 bridgehead atoms. The minimum Gasteiger partial charge on any atom is -0.497 e. The third-order valence-corrected chi connectivity index (χ3v) is 5.91. The normalized spacial score (nSPS) is 11.8. The van der Waals surface area contributed by atoms with Crippen LogP contribution in [0.3, 0.4) is 0 Å². The van der Waals surface area contributed by atoms with Crippen LogP contribution in [0.15, 0.2) is 78.2 Å². The second-order valence-electron chi connectivity index (χ2n) is 7.11. The summed E-state index contributed by atoms with van der Waals surface area (Å²) in [6, 6.07) is 22.6. The topological polar surface area (TPSA) is 91.3 Å². The second kappa shape index (κ2) is 8.97. The molecule has 1 heterocycles. The van der Waals surface area contributed by atoms with Crippen molar-refractivity contribution < 1.29 is 9.66 Å². The largest absolute Gasteiger partial charge is 0.497 e. The van der Waals surface area contributed by atoms with Crippen LogP contribution in [0.5, 0.6) is 5.75 Å². The Morgan fingerprint density at radius 2 is 1.77 bits per heavy atom. The molecule has 0 amide bonds. The highest BCUT2D eigenvalue weighted by Crippen LogP contribution is 2.33. The molecule has 0 spiro atoms. The maximum absolute atomic E-state index is 11.3. The van der Waals surface area contributed by atoms with Crippen LogP contribution >= 0.6 is 11.3 Å². The Morgan fingerprint density at radius 3 is 2.39 bits per heavy atom. The summed E-state index contributed by atoms with van der Waals surface area (Å²) in [4.78, 5) is 15.5. The number of nitro groups is 1. The van der Waals surface area contributed by atoms with E-state index in [-0.39, 0.29) is 16.5 Å². The van der Waals surface area contributed by atoms with E-state index >= 15 is 0 Å². The van der Waals surface area contributed by atoms with E-state index in [0.29, 0.717) is 10.7 Å². The SMILES string of the molecule is COc1ccc(C(Cc2ccc(-c3ccccc3[N+](=O)[O-])cc2)c2csc(N)n2)cc1. The van der Waals surface area contributed by atoms with Crippen molar-refractivity contribution >= 4 is 22.2 Å². The molecular formula is C24H21N3O3S. The summed E-state index contributed by atoms with van der Waals surface area (Å²) in [7, 11) is 1.65. The first-order chi connectivity index (χ1) is 15.0. The first-order valence-electron chi connectivity index (χ1n) is 9.72. The molecule has 4 aromatic rings. The Bertz CT molecular complexity index is 1190. The standard InChI is InChI=1S/C24H21N3O3S/c1-30-19-12-10-18(11-13-19)21(22-15-31-24(25)26-22)14-16-6-8-17(9-7-16)20-4-2-3-5-23(20)27(28)29/h2-13,15,21H,14H2,1H3,(H2,25,26). The minimum atomic E-state index is -0.352. The van der Waals surface area contributed by atoms with Gasteiger partial charge in [0, 0.05) is 17.4 Å². The quantitative estimate of drug-likeness (QED) is 0.300. The first kappa shape index (κ1) is 20.6. The molecule has 0 saturated carbocycles. The second-order valence-corrected chi connectivity index (χ2v) is 8.00. The first-order valence-corrected chi connectivity index (χ1v) is 10.6. The lowest BCUT2D eigenvalue weighted by Gasteiger charge is -2.16. The molecule has 0 radical (unpaired) electrons. The van der Waals surface area contributed by atoms with Gasteiger partial charge in [-0.3, -0.25) is 10.1 Å². The number of nitrogens with two attached hydrogens (primary N) is 1. The number of hydrogen-bond donors (Lipinski definition) is 1. The zero-order valence-electron chi connectivity index (χ0n) is 16.9. The fourth-order valence-corrected chi connectivity index (χ4v) is 4.24. The van der Waals surface area contributed by atoms with Crippen molar-refractivity contribution in [1.29, 1.82) is 0 Å². The van der Waals surface area contributed by atoms with Crippen LogP contribution in [0.2, 0.25) is 0 Å². The number of nitro benzene ring substituents is 1. The van der Waals surface area contributed by atoms with Crippen LogP contribution < -0.4 is 10.5 Å². The van der Waals surface area contributed by atoms with E-state index in [9.17, 15) is 10.1 Å². The van der Waals surface area contributed by atoms with E-state index in [1.807, 2.05) is 60.0 Å². The van der Waals surface area contributed by atoms with Gasteiger partial charge >= 0.3 is 0 Å². The number of methoxy groups -OCH3 is 1. The van der Waals surface area contributed by atoms with Gasteiger partial charge in [0.25, 0.3) is 5.69 Å². The molecule has 1 unspecified atom stereocenters. The van der Waals surface area contributed by atoms with E-state index in [4.69, 9.17) is 10.5 Å². The van der Waals surface area contributed by atoms with Crippen molar-refractivity contribution in [3.8, 4) is 16.9 Å². The summed E-state index contributed by atoms with van der Waals surface area (Å²) < 4.78 is 5.28. The zero-order chi connectivity index (χ0) is 21.8. The van der Waals surface area contributed by atoms with Crippen molar-refractivity contribution in [3.05, 3.63) is 105 Å². The molecule has 6 nitrogen and oxygen atoms in total. The van der Waals surface area contributed by atoms with Gasteiger partial charge < -0.3 is 10.5 Å². The Morgan fingerprint density at radius 1 is 1.06 bits per heavy atom. The number of anilines is 1. The maximum Gasteiger partial charge on any atom is 0.277 e. The number of thiazole rings is 1. The van der Waals surface area contributed by atoms with Crippen molar-refractivity contribution in [2.45, 2.75) is 12.3 Å². The van der Waals surface area contributed by atoms with Crippen LogP contribution in [0.1, 0.15) is 22.7 Å². The van der Waals surface area contributed by atoms with Crippen LogP contribution in [0.4, 0.5) is 10.8 Å². The number of nitrogens with zero attached hydrogens (tertiary/aromatic N) is 2. The number of ether oxygens (including phenoxy) is 1. The number of nitrogen functional groups attached to an aromatic ring is 1. The molecule has 0 aliphatic rings. The number of rotatable bonds is 7. The smallest absolute Gasteiger partial charge is 0.277 e. The van der Waals surface area contributed by atoms with Gasteiger partial charge in [-0.1, -0.05) is 48.5 Å². The Hall–Kier alpha value is -3.71. The highest BCUT2D eigenvalue weighted by Gasteiger charge is 2.19. The molecule has 3 aromatic carbocycles. The zero-order valence-corrected chi connectivity index (χ0v) is 17.7. The van der Waals surface area contributed by atoms with Crippen LogP contribution in [-0.4, -0.2) is 17.0 Å². The van der Waals surface area contributed by atoms with E-state index < -0.39 is 0 Å². The van der Waals surface area contributed by atoms with Gasteiger partial charge in [-0.05, 0) is 41.3 Å². The van der Waals surface area contributed by atoms with Crippen molar-refractivity contribution in [1.82, 2.24) is 4.98 Å². The molecule has 2 N–H and O–H groups in total. The fourth-order valence-electron chi connectivity index (χ4n) is 3.62. The molecule has 156 valence electrons. The minimum absolute atomic E-state index is 0.0383. The van der Waals surface area contributed by atoms with Gasteiger partial charge in [0.15, 0.2) is 5.13 Å². The lowest BCUT2D eigenvalue weighted by atomic mass is 9.89. The molecule has 31 heavy (non-hydrogen) atoms. The van der Waals surface area contributed by atoms with Gasteiger partial charge in [-0.15, -0.1) is 11.3 Å². The maximum atomic E-state index is 11.3. The number of aromatic nitrogens is 1. The van der Waals surface area contributed by atoms with E-state index in [1.54, 1.807) is 19.2 Å². The summed E-state index contributed by atoms with van der Waals surface area (Å²) >= 11 is 1.43. The average molecular weight is 432 g/mol. The van der Waals surface area contributed by atoms with E-state index in [1.165, 1.54) is 17.4 Å². The van der Waals surface area contributed by atoms with Crippen molar-refractivity contribution in [2.24, 2.45) is 0 Å². The van der Waals surface area contributed by atoms with Crippen LogP contribution in [-0.2, 0) is 6.42 Å². The molecule has 0 aliphatic heterocycles. The van der Waals surface area contributed by atoms with Crippen molar-refractivity contribution in [2.75, 3.05) is 12.8 Å². The lowest BCUT2D eigenvalue weighted by Crippen LogP contribution is -2.06. The fraction of sp³-hybridized carbons (Fsp3) is 0.125. The summed E-state index contributed by atoms with van der Waals surface area (Å²) in [5.74, 6) is 0.838. The predicted octanol–water partition coefficient (Wildman–Crippen LogP) is 5.68. The molecule has 0 saturated heterocycles. The molecular weight excluding hydrogens is 410 g/mol. The lowest BCUT2D eigenvalue weighted by molar-refractivity contribution is -0.384. The number of benzene rings is 3. The molecule has 1 atom stereocenters. The number of para-hydroxylation sites is 1. The molecule has 1 aromatic heterocycles. The average Bonchev–Trinajstić information content (AvgIpc) is 3.24. The van der Waals surface area contributed by atoms with Crippen molar-refractivity contribution in [3.63, 3.8) is 0 Å². The molecule has 4 rings (SSSR count).